The van der Waals surface area contributed by atoms with Crippen LogP contribution in [0.1, 0.15) is 37.7 Å². The van der Waals surface area contributed by atoms with Crippen LogP contribution in [0.3, 0.4) is 0 Å². The molecule has 1 aromatic heterocycles. The van der Waals surface area contributed by atoms with E-state index in [9.17, 15) is 4.79 Å². The number of anilines is 1. The molecule has 3 aromatic rings. The molecule has 0 amide bonds. The summed E-state index contributed by atoms with van der Waals surface area (Å²) >= 11 is 0. The van der Waals surface area contributed by atoms with Crippen LogP contribution in [-0.2, 0) is 12.0 Å². The van der Waals surface area contributed by atoms with E-state index in [-0.39, 0.29) is 11.1 Å². The van der Waals surface area contributed by atoms with Gasteiger partial charge in [-0.2, -0.15) is 9.78 Å². The average Bonchev–Trinajstić information content (AvgIpc) is 2.91. The molecule has 5 nitrogen and oxygen atoms in total. The zero-order valence-corrected chi connectivity index (χ0v) is 15.1. The molecule has 0 unspecified atom stereocenters. The van der Waals surface area contributed by atoms with Gasteiger partial charge < -0.3 is 5.32 Å². The normalized spacial score (nSPS) is 11.5. The largest absolute Gasteiger partial charge is 0.381 e. The van der Waals surface area contributed by atoms with Gasteiger partial charge in [0.05, 0.1) is 5.69 Å². The fourth-order valence-electron chi connectivity index (χ4n) is 2.65. The van der Waals surface area contributed by atoms with Crippen molar-refractivity contribution in [3.05, 3.63) is 76.0 Å². The summed E-state index contributed by atoms with van der Waals surface area (Å²) in [5, 5.41) is 7.56. The Hall–Kier alpha value is -2.82. The summed E-state index contributed by atoms with van der Waals surface area (Å²) in [6.07, 6.45) is 0. The quantitative estimate of drug-likeness (QED) is 0.762. The molecule has 2 N–H and O–H groups in total. The van der Waals surface area contributed by atoms with Gasteiger partial charge in [0, 0.05) is 12.2 Å². The third-order valence-corrected chi connectivity index (χ3v) is 4.16. The van der Waals surface area contributed by atoms with E-state index in [0.717, 1.165) is 17.9 Å². The molecule has 0 aliphatic carbocycles. The number of benzene rings is 2. The van der Waals surface area contributed by atoms with E-state index in [1.54, 1.807) is 6.92 Å². The Morgan fingerprint density at radius 1 is 1.04 bits per heavy atom. The van der Waals surface area contributed by atoms with Crippen molar-refractivity contribution >= 4 is 5.69 Å². The first kappa shape index (κ1) is 17.0. The van der Waals surface area contributed by atoms with Crippen LogP contribution in [-0.4, -0.2) is 14.8 Å². The van der Waals surface area contributed by atoms with Crippen LogP contribution in [0.15, 0.2) is 53.3 Å². The maximum absolute atomic E-state index is 11.8. The first-order valence-electron chi connectivity index (χ1n) is 8.42. The third-order valence-electron chi connectivity index (χ3n) is 4.16. The predicted molar refractivity (Wildman–Crippen MR) is 101 cm³/mol. The smallest absolute Gasteiger partial charge is 0.348 e. The third kappa shape index (κ3) is 3.99. The van der Waals surface area contributed by atoms with Crippen molar-refractivity contribution < 1.29 is 0 Å². The van der Waals surface area contributed by atoms with E-state index in [2.05, 4.69) is 60.4 Å². The summed E-state index contributed by atoms with van der Waals surface area (Å²) in [6.45, 7) is 9.17. The Bertz CT molecular complexity index is 897. The van der Waals surface area contributed by atoms with E-state index in [4.69, 9.17) is 0 Å². The Balaban J connectivity index is 1.66. The SMILES string of the molecule is Cc1nn(-c2ccc(NCc3ccc(C(C)(C)C)cc3)cc2)c(=O)[nH]1. The molecular weight excluding hydrogens is 312 g/mol. The highest BCUT2D eigenvalue weighted by atomic mass is 16.1. The van der Waals surface area contributed by atoms with Gasteiger partial charge in [-0.1, -0.05) is 45.0 Å². The molecule has 0 atom stereocenters. The van der Waals surface area contributed by atoms with Crippen LogP contribution in [0.4, 0.5) is 5.69 Å². The molecule has 1 heterocycles. The number of hydrogen-bond acceptors (Lipinski definition) is 3. The van der Waals surface area contributed by atoms with Gasteiger partial charge in [0.2, 0.25) is 0 Å². The summed E-state index contributed by atoms with van der Waals surface area (Å²) < 4.78 is 1.37. The number of nitrogens with one attached hydrogen (secondary N) is 2. The van der Waals surface area contributed by atoms with Gasteiger partial charge in [0.25, 0.3) is 0 Å². The van der Waals surface area contributed by atoms with Crippen LogP contribution in [0.2, 0.25) is 0 Å². The van der Waals surface area contributed by atoms with Crippen molar-refractivity contribution in [3.63, 3.8) is 0 Å². The Morgan fingerprint density at radius 2 is 1.68 bits per heavy atom. The van der Waals surface area contributed by atoms with E-state index >= 15 is 0 Å². The zero-order valence-electron chi connectivity index (χ0n) is 15.1. The molecule has 2 aromatic carbocycles. The lowest BCUT2D eigenvalue weighted by Gasteiger charge is -2.19. The second-order valence-electron chi connectivity index (χ2n) is 7.27. The van der Waals surface area contributed by atoms with E-state index in [1.165, 1.54) is 15.8 Å². The second kappa shape index (κ2) is 6.59. The maximum atomic E-state index is 11.8. The van der Waals surface area contributed by atoms with E-state index in [1.807, 2.05) is 24.3 Å². The highest BCUT2D eigenvalue weighted by Crippen LogP contribution is 2.22. The van der Waals surface area contributed by atoms with E-state index in [0.29, 0.717) is 5.82 Å². The minimum absolute atomic E-state index is 0.171. The lowest BCUT2D eigenvalue weighted by Crippen LogP contribution is -2.15. The first-order valence-corrected chi connectivity index (χ1v) is 8.42. The number of H-pyrrole nitrogens is 1. The molecule has 0 aliphatic rings. The first-order chi connectivity index (χ1) is 11.8. The minimum atomic E-state index is -0.225. The maximum Gasteiger partial charge on any atom is 0.348 e. The molecule has 0 saturated heterocycles. The van der Waals surface area contributed by atoms with Crippen LogP contribution in [0.25, 0.3) is 5.69 Å². The topological polar surface area (TPSA) is 62.7 Å². The lowest BCUT2D eigenvalue weighted by atomic mass is 9.87. The Labute approximate surface area is 147 Å². The number of aromatic amines is 1. The number of aryl methyl sites for hydroxylation is 1. The Kier molecular flexibility index (Phi) is 4.49. The number of nitrogens with zero attached hydrogens (tertiary/aromatic N) is 2. The Morgan fingerprint density at radius 3 is 2.20 bits per heavy atom. The molecule has 130 valence electrons. The highest BCUT2D eigenvalue weighted by molar-refractivity contribution is 5.48. The van der Waals surface area contributed by atoms with Gasteiger partial charge in [-0.15, -0.1) is 0 Å². The zero-order chi connectivity index (χ0) is 18.0. The molecule has 0 fully saturated rings. The highest BCUT2D eigenvalue weighted by Gasteiger charge is 2.12. The molecule has 0 bridgehead atoms. The summed E-state index contributed by atoms with van der Waals surface area (Å²) in [5.74, 6) is 0.603. The number of rotatable bonds is 4. The minimum Gasteiger partial charge on any atom is -0.381 e. The molecule has 0 radical (unpaired) electrons. The van der Waals surface area contributed by atoms with Crippen molar-refractivity contribution in [2.75, 3.05) is 5.32 Å². The fraction of sp³-hybridized carbons (Fsp3) is 0.300. The molecule has 0 saturated carbocycles. The summed E-state index contributed by atoms with van der Waals surface area (Å²) in [7, 11) is 0. The average molecular weight is 336 g/mol. The molecular formula is C20H24N4O. The number of aromatic nitrogens is 3. The van der Waals surface area contributed by atoms with Gasteiger partial charge in [0.15, 0.2) is 0 Å². The summed E-state index contributed by atoms with van der Waals surface area (Å²) in [4.78, 5) is 14.4. The van der Waals surface area contributed by atoms with Gasteiger partial charge >= 0.3 is 5.69 Å². The summed E-state index contributed by atoms with van der Waals surface area (Å²) in [6, 6.07) is 16.4. The standard InChI is InChI=1S/C20H24N4O/c1-14-22-19(25)24(23-14)18-11-9-17(10-12-18)21-13-15-5-7-16(8-6-15)20(2,3)4/h5-12,21H,13H2,1-4H3,(H,22,23,25). The van der Waals surface area contributed by atoms with Crippen LogP contribution < -0.4 is 11.0 Å². The summed E-state index contributed by atoms with van der Waals surface area (Å²) in [5.41, 5.74) is 4.26. The molecule has 25 heavy (non-hydrogen) atoms. The number of hydrogen-bond donors (Lipinski definition) is 2. The van der Waals surface area contributed by atoms with Crippen molar-refractivity contribution in [2.24, 2.45) is 0 Å². The fourth-order valence-corrected chi connectivity index (χ4v) is 2.65. The van der Waals surface area contributed by atoms with Crippen molar-refractivity contribution in [1.29, 1.82) is 0 Å². The molecule has 5 heteroatoms. The second-order valence-corrected chi connectivity index (χ2v) is 7.27. The molecule has 0 aliphatic heterocycles. The van der Waals surface area contributed by atoms with Crippen LogP contribution in [0, 0.1) is 6.92 Å². The van der Waals surface area contributed by atoms with Gasteiger partial charge in [-0.05, 0) is 47.7 Å². The van der Waals surface area contributed by atoms with Crippen LogP contribution in [0.5, 0.6) is 0 Å². The predicted octanol–water partition coefficient (Wildman–Crippen LogP) is 3.78. The lowest BCUT2D eigenvalue weighted by molar-refractivity contribution is 0.590. The van der Waals surface area contributed by atoms with Crippen LogP contribution >= 0.6 is 0 Å². The van der Waals surface area contributed by atoms with Crippen molar-refractivity contribution in [3.8, 4) is 5.69 Å². The monoisotopic (exact) mass is 336 g/mol. The molecule has 3 rings (SSSR count). The van der Waals surface area contributed by atoms with E-state index < -0.39 is 0 Å². The molecule has 0 spiro atoms. The van der Waals surface area contributed by atoms with Gasteiger partial charge in [-0.3, -0.25) is 4.98 Å². The van der Waals surface area contributed by atoms with Crippen molar-refractivity contribution in [2.45, 2.75) is 39.7 Å². The van der Waals surface area contributed by atoms with Gasteiger partial charge in [-0.25, -0.2) is 4.79 Å². The van der Waals surface area contributed by atoms with Crippen molar-refractivity contribution in [1.82, 2.24) is 14.8 Å². The van der Waals surface area contributed by atoms with Gasteiger partial charge in [0.1, 0.15) is 5.82 Å².